The molecular formula is C18H23FN4O3. The Kier molecular flexibility index (Phi) is 5.95. The van der Waals surface area contributed by atoms with E-state index in [-0.39, 0.29) is 11.8 Å². The second-order valence-electron chi connectivity index (χ2n) is 6.46. The van der Waals surface area contributed by atoms with Crippen molar-refractivity contribution in [3.05, 3.63) is 36.0 Å². The van der Waals surface area contributed by atoms with E-state index in [0.29, 0.717) is 42.9 Å². The molecule has 0 bridgehead atoms. The van der Waals surface area contributed by atoms with Crippen molar-refractivity contribution >= 4 is 5.97 Å². The summed E-state index contributed by atoms with van der Waals surface area (Å²) in [5, 5.41) is 8.09. The fourth-order valence-electron chi connectivity index (χ4n) is 3.13. The molecule has 8 heteroatoms. The molecule has 0 N–H and O–H groups in total. The third-order valence-corrected chi connectivity index (χ3v) is 4.58. The van der Waals surface area contributed by atoms with Crippen LogP contribution in [-0.4, -0.2) is 65.3 Å². The number of rotatable bonds is 6. The predicted octanol–water partition coefficient (Wildman–Crippen LogP) is 1.94. The minimum atomic E-state index is -0.334. The van der Waals surface area contributed by atoms with E-state index >= 15 is 0 Å². The van der Waals surface area contributed by atoms with Crippen LogP contribution in [0, 0.1) is 5.82 Å². The lowest BCUT2D eigenvalue weighted by Crippen LogP contribution is -2.51. The molecule has 1 aromatic carbocycles. The van der Waals surface area contributed by atoms with Gasteiger partial charge in [0, 0.05) is 37.8 Å². The Morgan fingerprint density at radius 3 is 2.96 bits per heavy atom. The molecule has 1 atom stereocenters. The minimum absolute atomic E-state index is 0.185. The zero-order valence-corrected chi connectivity index (χ0v) is 15.0. The number of methoxy groups -OCH3 is 1. The first-order valence-electron chi connectivity index (χ1n) is 8.66. The molecule has 1 aliphatic rings. The summed E-state index contributed by atoms with van der Waals surface area (Å²) in [4.78, 5) is 15.8. The van der Waals surface area contributed by atoms with E-state index in [0.717, 1.165) is 19.6 Å². The lowest BCUT2D eigenvalue weighted by molar-refractivity contribution is -0.141. The highest BCUT2D eigenvalue weighted by atomic mass is 19.1. The normalized spacial score (nSPS) is 18.8. The average molecular weight is 362 g/mol. The van der Waals surface area contributed by atoms with E-state index in [4.69, 9.17) is 9.15 Å². The molecule has 0 radical (unpaired) electrons. The highest BCUT2D eigenvalue weighted by Gasteiger charge is 2.25. The fraction of sp³-hybridized carbons (Fsp3) is 0.500. The van der Waals surface area contributed by atoms with E-state index in [1.807, 2.05) is 0 Å². The van der Waals surface area contributed by atoms with Crippen molar-refractivity contribution in [3.63, 3.8) is 0 Å². The molecule has 0 unspecified atom stereocenters. The molecule has 2 aromatic rings. The number of nitrogens with zero attached hydrogens (tertiary/aromatic N) is 4. The van der Waals surface area contributed by atoms with E-state index in [2.05, 4.69) is 26.9 Å². The van der Waals surface area contributed by atoms with Crippen LogP contribution in [-0.2, 0) is 16.1 Å². The van der Waals surface area contributed by atoms with Gasteiger partial charge in [0.2, 0.25) is 11.8 Å². The Bertz CT molecular complexity index is 752. The van der Waals surface area contributed by atoms with Crippen LogP contribution in [0.25, 0.3) is 11.5 Å². The third kappa shape index (κ3) is 4.64. The molecule has 0 spiro atoms. The van der Waals surface area contributed by atoms with Crippen LogP contribution < -0.4 is 0 Å². The Labute approximate surface area is 151 Å². The van der Waals surface area contributed by atoms with Crippen LogP contribution in [0.4, 0.5) is 4.39 Å². The number of esters is 1. The quantitative estimate of drug-likeness (QED) is 0.727. The van der Waals surface area contributed by atoms with Gasteiger partial charge in [-0.1, -0.05) is 6.07 Å². The Hall–Kier alpha value is -2.32. The van der Waals surface area contributed by atoms with Crippen molar-refractivity contribution < 1.29 is 18.3 Å². The zero-order chi connectivity index (χ0) is 18.5. The lowest BCUT2D eigenvalue weighted by atomic mass is 10.2. The van der Waals surface area contributed by atoms with E-state index < -0.39 is 0 Å². The summed E-state index contributed by atoms with van der Waals surface area (Å²) in [6, 6.07) is 6.42. The molecule has 140 valence electrons. The van der Waals surface area contributed by atoms with Crippen molar-refractivity contribution in [1.82, 2.24) is 20.0 Å². The summed E-state index contributed by atoms with van der Waals surface area (Å²) < 4.78 is 23.7. The van der Waals surface area contributed by atoms with Crippen molar-refractivity contribution in [2.75, 3.05) is 33.3 Å². The second kappa shape index (κ2) is 8.37. The number of aromatic nitrogens is 2. The van der Waals surface area contributed by atoms with Crippen LogP contribution in [0.5, 0.6) is 0 Å². The molecule has 3 rings (SSSR count). The lowest BCUT2D eigenvalue weighted by Gasteiger charge is -2.39. The number of hydrogen-bond donors (Lipinski definition) is 0. The van der Waals surface area contributed by atoms with Gasteiger partial charge in [-0.25, -0.2) is 4.39 Å². The topological polar surface area (TPSA) is 71.7 Å². The van der Waals surface area contributed by atoms with Gasteiger partial charge in [0.05, 0.1) is 20.1 Å². The van der Waals surface area contributed by atoms with Crippen LogP contribution in [0.3, 0.4) is 0 Å². The van der Waals surface area contributed by atoms with E-state index in [1.165, 1.54) is 19.2 Å². The van der Waals surface area contributed by atoms with Crippen molar-refractivity contribution in [2.24, 2.45) is 0 Å². The standard InChI is InChI=1S/C18H23FN4O3/c1-13-11-22(8-9-23(13)7-6-17(24)25-2)12-16-20-21-18(26-16)14-4-3-5-15(19)10-14/h3-5,10,13H,6-9,11-12H2,1-2H3/t13-/m0/s1. The summed E-state index contributed by atoms with van der Waals surface area (Å²) >= 11 is 0. The number of carbonyl (C=O) groups is 1. The summed E-state index contributed by atoms with van der Waals surface area (Å²) in [5.74, 6) is 0.318. The number of carbonyl (C=O) groups excluding carboxylic acids is 1. The van der Waals surface area contributed by atoms with Gasteiger partial charge in [0.15, 0.2) is 0 Å². The van der Waals surface area contributed by atoms with Gasteiger partial charge in [-0.05, 0) is 25.1 Å². The monoisotopic (exact) mass is 362 g/mol. The van der Waals surface area contributed by atoms with Gasteiger partial charge in [-0.3, -0.25) is 14.6 Å². The highest BCUT2D eigenvalue weighted by molar-refractivity contribution is 5.69. The van der Waals surface area contributed by atoms with Gasteiger partial charge >= 0.3 is 5.97 Å². The molecule has 0 saturated carbocycles. The first-order chi connectivity index (χ1) is 12.5. The molecule has 1 fully saturated rings. The predicted molar refractivity (Wildman–Crippen MR) is 92.6 cm³/mol. The first kappa shape index (κ1) is 18.5. The van der Waals surface area contributed by atoms with Gasteiger partial charge in [-0.15, -0.1) is 10.2 Å². The van der Waals surface area contributed by atoms with Gasteiger partial charge < -0.3 is 9.15 Å². The SMILES string of the molecule is COC(=O)CCN1CCN(Cc2nnc(-c3cccc(F)c3)o2)C[C@@H]1C. The molecule has 26 heavy (non-hydrogen) atoms. The molecule has 1 aromatic heterocycles. The first-order valence-corrected chi connectivity index (χ1v) is 8.66. The Morgan fingerprint density at radius 1 is 1.38 bits per heavy atom. The van der Waals surface area contributed by atoms with Crippen molar-refractivity contribution in [1.29, 1.82) is 0 Å². The number of hydrogen-bond acceptors (Lipinski definition) is 7. The van der Waals surface area contributed by atoms with E-state index in [9.17, 15) is 9.18 Å². The number of halogens is 1. The molecule has 1 aliphatic heterocycles. The second-order valence-corrected chi connectivity index (χ2v) is 6.46. The molecule has 7 nitrogen and oxygen atoms in total. The smallest absolute Gasteiger partial charge is 0.306 e. The molecular weight excluding hydrogens is 339 g/mol. The van der Waals surface area contributed by atoms with E-state index in [1.54, 1.807) is 12.1 Å². The molecule has 2 heterocycles. The number of ether oxygens (including phenoxy) is 1. The van der Waals surface area contributed by atoms with Crippen LogP contribution in [0.15, 0.2) is 28.7 Å². The van der Waals surface area contributed by atoms with Crippen LogP contribution in [0.2, 0.25) is 0 Å². The average Bonchev–Trinajstić information content (AvgIpc) is 3.09. The van der Waals surface area contributed by atoms with Gasteiger partial charge in [0.25, 0.3) is 0 Å². The van der Waals surface area contributed by atoms with Crippen LogP contribution in [0.1, 0.15) is 19.2 Å². The number of piperazine rings is 1. The summed E-state index contributed by atoms with van der Waals surface area (Å²) in [5.41, 5.74) is 0.574. The third-order valence-electron chi connectivity index (χ3n) is 4.58. The maximum absolute atomic E-state index is 13.3. The maximum Gasteiger partial charge on any atom is 0.306 e. The summed E-state index contributed by atoms with van der Waals surface area (Å²) in [7, 11) is 1.41. The molecule has 0 aliphatic carbocycles. The van der Waals surface area contributed by atoms with Crippen LogP contribution >= 0.6 is 0 Å². The largest absolute Gasteiger partial charge is 0.469 e. The maximum atomic E-state index is 13.3. The molecule has 1 saturated heterocycles. The summed E-state index contributed by atoms with van der Waals surface area (Å²) in [6.07, 6.45) is 0.404. The summed E-state index contributed by atoms with van der Waals surface area (Å²) in [6.45, 7) is 5.95. The van der Waals surface area contributed by atoms with Crippen molar-refractivity contribution in [2.45, 2.75) is 25.9 Å². The fourth-order valence-corrected chi connectivity index (χ4v) is 3.13. The Morgan fingerprint density at radius 2 is 2.23 bits per heavy atom. The highest BCUT2D eigenvalue weighted by Crippen LogP contribution is 2.20. The van der Waals surface area contributed by atoms with Gasteiger partial charge in [0.1, 0.15) is 5.82 Å². The van der Waals surface area contributed by atoms with Crippen molar-refractivity contribution in [3.8, 4) is 11.5 Å². The Balaban J connectivity index is 1.54. The molecule has 0 amide bonds. The number of benzene rings is 1. The van der Waals surface area contributed by atoms with Gasteiger partial charge in [-0.2, -0.15) is 0 Å². The minimum Gasteiger partial charge on any atom is -0.469 e. The zero-order valence-electron chi connectivity index (χ0n) is 15.0.